The van der Waals surface area contributed by atoms with E-state index in [1.54, 1.807) is 11.3 Å². The first-order chi connectivity index (χ1) is 10.2. The Hall–Kier alpha value is -0.870. The Morgan fingerprint density at radius 2 is 2.29 bits per heavy atom. The Labute approximate surface area is 131 Å². The van der Waals surface area contributed by atoms with E-state index in [-0.39, 0.29) is 12.2 Å². The molecule has 1 aliphatic carbocycles. The maximum Gasteiger partial charge on any atom is 0.241 e. The quantitative estimate of drug-likeness (QED) is 0.867. The van der Waals surface area contributed by atoms with Crippen LogP contribution in [0.25, 0.3) is 0 Å². The first-order valence-electron chi connectivity index (χ1n) is 8.30. The van der Waals surface area contributed by atoms with Gasteiger partial charge in [-0.3, -0.25) is 10.1 Å². The summed E-state index contributed by atoms with van der Waals surface area (Å²) in [7, 11) is 0. The molecule has 1 aliphatic heterocycles. The lowest BCUT2D eigenvalue weighted by Gasteiger charge is -2.29. The topological polar surface area (TPSA) is 32.3 Å². The molecule has 3 unspecified atom stereocenters. The van der Waals surface area contributed by atoms with Crippen molar-refractivity contribution < 1.29 is 4.79 Å². The highest BCUT2D eigenvalue weighted by Gasteiger charge is 2.42. The van der Waals surface area contributed by atoms with Crippen molar-refractivity contribution in [3.8, 4) is 0 Å². The second-order valence-corrected chi connectivity index (χ2v) is 7.54. The molecule has 0 bridgehead atoms. The molecule has 3 nitrogen and oxygen atoms in total. The molecule has 1 saturated carbocycles. The number of carbonyl (C=O) groups excluding carboxylic acids is 1. The first-order valence-corrected chi connectivity index (χ1v) is 9.18. The van der Waals surface area contributed by atoms with Gasteiger partial charge in [0.25, 0.3) is 0 Å². The van der Waals surface area contributed by atoms with Crippen molar-refractivity contribution >= 4 is 17.2 Å². The van der Waals surface area contributed by atoms with Crippen molar-refractivity contribution in [2.75, 3.05) is 6.54 Å². The number of nitrogens with zero attached hydrogens (tertiary/aromatic N) is 1. The summed E-state index contributed by atoms with van der Waals surface area (Å²) in [6.45, 7) is 5.25. The van der Waals surface area contributed by atoms with Gasteiger partial charge in [-0.25, -0.2) is 0 Å². The molecule has 1 N–H and O–H groups in total. The van der Waals surface area contributed by atoms with Gasteiger partial charge in [-0.05, 0) is 29.7 Å². The highest BCUT2D eigenvalue weighted by atomic mass is 32.1. The van der Waals surface area contributed by atoms with Gasteiger partial charge in [0.2, 0.25) is 5.91 Å². The van der Waals surface area contributed by atoms with Gasteiger partial charge < -0.3 is 4.90 Å². The van der Waals surface area contributed by atoms with Gasteiger partial charge in [-0.2, -0.15) is 0 Å². The summed E-state index contributed by atoms with van der Waals surface area (Å²) in [5, 5.41) is 5.69. The number of thiophene rings is 1. The van der Waals surface area contributed by atoms with Gasteiger partial charge in [0.15, 0.2) is 0 Å². The normalized spacial score (nSPS) is 27.9. The molecule has 116 valence electrons. The van der Waals surface area contributed by atoms with Crippen molar-refractivity contribution in [1.29, 1.82) is 0 Å². The summed E-state index contributed by atoms with van der Waals surface area (Å²) in [5.74, 6) is 1.56. The van der Waals surface area contributed by atoms with Crippen molar-refractivity contribution in [2.45, 2.75) is 58.2 Å². The van der Waals surface area contributed by atoms with Crippen molar-refractivity contribution in [3.63, 3.8) is 0 Å². The van der Waals surface area contributed by atoms with Gasteiger partial charge in [-0.15, -0.1) is 11.3 Å². The van der Waals surface area contributed by atoms with Crippen LogP contribution in [0.15, 0.2) is 17.5 Å². The largest absolute Gasteiger partial charge is 0.321 e. The van der Waals surface area contributed by atoms with Crippen molar-refractivity contribution in [2.24, 2.45) is 11.8 Å². The standard InChI is InChI=1S/C17H26N2OS/c1-3-12(2)15-17(20)19(10-9-13-6-4-7-13)16(18-15)14-8-5-11-21-14/h5,8,11-13,15-16,18H,3-4,6-7,9-10H2,1-2H3. The van der Waals surface area contributed by atoms with Crippen molar-refractivity contribution in [3.05, 3.63) is 22.4 Å². The van der Waals surface area contributed by atoms with E-state index >= 15 is 0 Å². The summed E-state index contributed by atoms with van der Waals surface area (Å²) in [5.41, 5.74) is 0. The fraction of sp³-hybridized carbons (Fsp3) is 0.706. The Bertz CT molecular complexity index is 469. The predicted molar refractivity (Wildman–Crippen MR) is 87.1 cm³/mol. The summed E-state index contributed by atoms with van der Waals surface area (Å²) < 4.78 is 0. The van der Waals surface area contributed by atoms with Gasteiger partial charge in [-0.1, -0.05) is 45.6 Å². The Kier molecular flexibility index (Phi) is 4.65. The van der Waals surface area contributed by atoms with Gasteiger partial charge in [0.05, 0.1) is 6.04 Å². The average molecular weight is 306 g/mol. The molecule has 1 amide bonds. The smallest absolute Gasteiger partial charge is 0.241 e. The lowest BCUT2D eigenvalue weighted by Crippen LogP contribution is -2.36. The van der Waals surface area contributed by atoms with Crippen LogP contribution >= 0.6 is 11.3 Å². The van der Waals surface area contributed by atoms with Crippen molar-refractivity contribution in [1.82, 2.24) is 10.2 Å². The number of amides is 1. The van der Waals surface area contributed by atoms with E-state index in [2.05, 4.69) is 41.6 Å². The van der Waals surface area contributed by atoms with Crippen LogP contribution in [-0.4, -0.2) is 23.4 Å². The van der Waals surface area contributed by atoms with Crippen LogP contribution in [0.4, 0.5) is 0 Å². The second kappa shape index (κ2) is 6.49. The maximum atomic E-state index is 12.8. The molecule has 0 spiro atoms. The number of carbonyl (C=O) groups is 1. The third kappa shape index (κ3) is 3.02. The van der Waals surface area contributed by atoms with E-state index in [0.717, 1.165) is 18.9 Å². The van der Waals surface area contributed by atoms with Gasteiger partial charge >= 0.3 is 0 Å². The molecule has 21 heavy (non-hydrogen) atoms. The molecular weight excluding hydrogens is 280 g/mol. The Morgan fingerprint density at radius 1 is 1.48 bits per heavy atom. The Morgan fingerprint density at radius 3 is 2.86 bits per heavy atom. The van der Waals surface area contributed by atoms with E-state index in [9.17, 15) is 4.79 Å². The fourth-order valence-electron chi connectivity index (χ4n) is 3.31. The third-order valence-corrected chi connectivity index (χ3v) is 6.15. The Balaban J connectivity index is 1.73. The lowest BCUT2D eigenvalue weighted by atomic mass is 9.83. The molecule has 0 radical (unpaired) electrons. The molecule has 4 heteroatoms. The van der Waals surface area contributed by atoms with Crippen LogP contribution in [-0.2, 0) is 4.79 Å². The van der Waals surface area contributed by atoms with Crippen LogP contribution in [0.2, 0.25) is 0 Å². The summed E-state index contributed by atoms with van der Waals surface area (Å²) in [4.78, 5) is 16.2. The molecule has 0 aromatic carbocycles. The highest BCUT2D eigenvalue weighted by Crippen LogP contribution is 2.34. The average Bonchev–Trinajstić information content (AvgIpc) is 3.05. The summed E-state index contributed by atoms with van der Waals surface area (Å²) in [6, 6.07) is 4.21. The minimum absolute atomic E-state index is 0.0107. The number of hydrogen-bond donors (Lipinski definition) is 1. The molecule has 2 aliphatic rings. The van der Waals surface area contributed by atoms with Crippen LogP contribution in [0.1, 0.15) is 57.0 Å². The molecule has 2 fully saturated rings. The van der Waals surface area contributed by atoms with Crippen LogP contribution in [0.5, 0.6) is 0 Å². The molecule has 2 heterocycles. The highest BCUT2D eigenvalue weighted by molar-refractivity contribution is 7.10. The van der Waals surface area contributed by atoms with Crippen LogP contribution in [0.3, 0.4) is 0 Å². The third-order valence-electron chi connectivity index (χ3n) is 5.23. The molecule has 3 rings (SSSR count). The van der Waals surface area contributed by atoms with E-state index in [4.69, 9.17) is 0 Å². The maximum absolute atomic E-state index is 12.8. The fourth-order valence-corrected chi connectivity index (χ4v) is 4.10. The summed E-state index contributed by atoms with van der Waals surface area (Å²) in [6.07, 6.45) is 6.39. The minimum atomic E-state index is -0.0107. The van der Waals surface area contributed by atoms with E-state index in [1.165, 1.54) is 30.6 Å². The van der Waals surface area contributed by atoms with E-state index in [0.29, 0.717) is 11.8 Å². The molecular formula is C17H26N2OS. The predicted octanol–water partition coefficient (Wildman–Crippen LogP) is 3.78. The summed E-state index contributed by atoms with van der Waals surface area (Å²) >= 11 is 1.74. The minimum Gasteiger partial charge on any atom is -0.321 e. The monoisotopic (exact) mass is 306 g/mol. The van der Waals surface area contributed by atoms with E-state index in [1.807, 2.05) is 0 Å². The number of hydrogen-bond acceptors (Lipinski definition) is 3. The number of rotatable bonds is 6. The second-order valence-electron chi connectivity index (χ2n) is 6.57. The zero-order chi connectivity index (χ0) is 14.8. The number of nitrogens with one attached hydrogen (secondary N) is 1. The lowest BCUT2D eigenvalue weighted by molar-refractivity contribution is -0.131. The van der Waals surface area contributed by atoms with Gasteiger partial charge in [0.1, 0.15) is 6.17 Å². The molecule has 1 aromatic heterocycles. The van der Waals surface area contributed by atoms with E-state index < -0.39 is 0 Å². The molecule has 1 saturated heterocycles. The molecule has 1 aromatic rings. The molecule has 3 atom stereocenters. The zero-order valence-corrected chi connectivity index (χ0v) is 13.9. The van der Waals surface area contributed by atoms with Gasteiger partial charge in [0, 0.05) is 11.4 Å². The SMILES string of the molecule is CCC(C)C1NC(c2cccs2)N(CCC2CCC2)C1=O. The van der Waals surface area contributed by atoms with Crippen LogP contribution < -0.4 is 5.32 Å². The zero-order valence-electron chi connectivity index (χ0n) is 13.0. The van der Waals surface area contributed by atoms with Crippen LogP contribution in [0, 0.1) is 11.8 Å². The first kappa shape index (κ1) is 15.0.